The van der Waals surface area contributed by atoms with Gasteiger partial charge in [-0.25, -0.2) is 13.4 Å². The number of fused-ring (bicyclic) bond motifs is 1. The van der Waals surface area contributed by atoms with Gasteiger partial charge in [0, 0.05) is 31.0 Å². The highest BCUT2D eigenvalue weighted by molar-refractivity contribution is 7.90. The molecule has 0 aliphatic heterocycles. The molecule has 0 atom stereocenters. The van der Waals surface area contributed by atoms with E-state index in [-0.39, 0.29) is 22.8 Å². The van der Waals surface area contributed by atoms with E-state index in [9.17, 15) is 23.3 Å². The van der Waals surface area contributed by atoms with Gasteiger partial charge in [-0.15, -0.1) is 0 Å². The number of nitro groups is 1. The molecule has 3 aromatic rings. The van der Waals surface area contributed by atoms with Gasteiger partial charge in [0.25, 0.3) is 5.56 Å². The van der Waals surface area contributed by atoms with Crippen LogP contribution >= 0.6 is 0 Å². The highest BCUT2D eigenvalue weighted by atomic mass is 32.2. The van der Waals surface area contributed by atoms with Crippen LogP contribution in [0.1, 0.15) is 0 Å². The van der Waals surface area contributed by atoms with Crippen LogP contribution in [0.3, 0.4) is 0 Å². The van der Waals surface area contributed by atoms with Gasteiger partial charge in [0.15, 0.2) is 5.75 Å². The summed E-state index contributed by atoms with van der Waals surface area (Å²) in [6.45, 7) is 0. The number of hydrogen-bond donors (Lipinski definition) is 0. The summed E-state index contributed by atoms with van der Waals surface area (Å²) in [6, 6.07) is 6.94. The maximum atomic E-state index is 12.5. The molecule has 0 spiro atoms. The Morgan fingerprint density at radius 3 is 2.58 bits per heavy atom. The molecule has 10 nitrogen and oxygen atoms in total. The van der Waals surface area contributed by atoms with Crippen molar-refractivity contribution in [2.45, 2.75) is 5.16 Å². The van der Waals surface area contributed by atoms with Gasteiger partial charge in [0.05, 0.1) is 4.92 Å². The van der Waals surface area contributed by atoms with Crippen molar-refractivity contribution in [2.24, 2.45) is 7.05 Å². The summed E-state index contributed by atoms with van der Waals surface area (Å²) in [7, 11) is -2.26. The fourth-order valence-electron chi connectivity index (χ4n) is 2.27. The number of para-hydroxylation sites is 2. The first-order valence-electron chi connectivity index (χ1n) is 7.16. The minimum Gasteiger partial charge on any atom is -0.444 e. The van der Waals surface area contributed by atoms with Crippen molar-refractivity contribution in [1.29, 1.82) is 0 Å². The smallest absolute Gasteiger partial charge is 0.311 e. The number of ether oxygens (including phenoxy) is 1. The monoisotopic (exact) mass is 376 g/mol. The van der Waals surface area contributed by atoms with Crippen molar-refractivity contribution in [1.82, 2.24) is 14.5 Å². The van der Waals surface area contributed by atoms with E-state index < -0.39 is 25.5 Å². The summed E-state index contributed by atoms with van der Waals surface area (Å²) < 4.78 is 29.7. The van der Waals surface area contributed by atoms with Crippen molar-refractivity contribution in [3.8, 4) is 11.5 Å². The second-order valence-electron chi connectivity index (χ2n) is 5.40. The van der Waals surface area contributed by atoms with Gasteiger partial charge in [-0.05, 0) is 12.1 Å². The SMILES string of the molecule is Cn1c(=O)c(Oc2ccccc2[N+](=O)[O-])cc2cnc(S(C)(=O)=O)nc21. The van der Waals surface area contributed by atoms with E-state index in [4.69, 9.17) is 4.74 Å². The van der Waals surface area contributed by atoms with Crippen LogP contribution in [0.4, 0.5) is 5.69 Å². The molecule has 0 fully saturated rings. The Kier molecular flexibility index (Phi) is 4.16. The van der Waals surface area contributed by atoms with Crippen molar-refractivity contribution in [3.05, 3.63) is 57.0 Å². The first-order valence-corrected chi connectivity index (χ1v) is 9.06. The predicted molar refractivity (Wildman–Crippen MR) is 91.1 cm³/mol. The summed E-state index contributed by atoms with van der Waals surface area (Å²) in [5.74, 6) is -0.271. The Balaban J connectivity index is 2.16. The van der Waals surface area contributed by atoms with Gasteiger partial charge in [-0.3, -0.25) is 19.5 Å². The third-order valence-electron chi connectivity index (χ3n) is 3.51. The molecule has 0 aliphatic carbocycles. The first kappa shape index (κ1) is 17.5. The molecule has 0 saturated carbocycles. The molecule has 26 heavy (non-hydrogen) atoms. The maximum Gasteiger partial charge on any atom is 0.311 e. The average Bonchev–Trinajstić information content (AvgIpc) is 2.58. The summed E-state index contributed by atoms with van der Waals surface area (Å²) in [5.41, 5.74) is -0.826. The quantitative estimate of drug-likeness (QED) is 0.379. The van der Waals surface area contributed by atoms with Crippen LogP contribution in [0.25, 0.3) is 11.0 Å². The van der Waals surface area contributed by atoms with E-state index in [1.54, 1.807) is 0 Å². The van der Waals surface area contributed by atoms with Gasteiger partial charge >= 0.3 is 5.69 Å². The van der Waals surface area contributed by atoms with Gasteiger partial charge in [0.1, 0.15) is 5.65 Å². The zero-order valence-corrected chi connectivity index (χ0v) is 14.4. The summed E-state index contributed by atoms with van der Waals surface area (Å²) in [4.78, 5) is 30.6. The Bertz CT molecular complexity index is 1200. The topological polar surface area (TPSA) is 134 Å². The van der Waals surface area contributed by atoms with Gasteiger partial charge in [-0.2, -0.15) is 4.98 Å². The van der Waals surface area contributed by atoms with Crippen LogP contribution in [-0.2, 0) is 16.9 Å². The lowest BCUT2D eigenvalue weighted by Gasteiger charge is -2.10. The lowest BCUT2D eigenvalue weighted by Crippen LogP contribution is -2.20. The number of nitrogens with zero attached hydrogens (tertiary/aromatic N) is 4. The largest absolute Gasteiger partial charge is 0.444 e. The van der Waals surface area contributed by atoms with Crippen molar-refractivity contribution in [3.63, 3.8) is 0 Å². The number of pyridine rings is 1. The zero-order chi connectivity index (χ0) is 19.1. The Labute approximate surface area is 146 Å². The number of aryl methyl sites for hydroxylation is 1. The van der Waals surface area contributed by atoms with Crippen LogP contribution in [-0.4, -0.2) is 34.1 Å². The van der Waals surface area contributed by atoms with E-state index in [1.807, 2.05) is 0 Å². The van der Waals surface area contributed by atoms with Crippen LogP contribution in [0.15, 0.2) is 46.5 Å². The van der Waals surface area contributed by atoms with Crippen LogP contribution in [0.5, 0.6) is 11.5 Å². The molecule has 0 unspecified atom stereocenters. The van der Waals surface area contributed by atoms with Crippen LogP contribution in [0, 0.1) is 10.1 Å². The normalized spacial score (nSPS) is 11.5. The van der Waals surface area contributed by atoms with Crippen molar-refractivity contribution < 1.29 is 18.1 Å². The van der Waals surface area contributed by atoms with Crippen LogP contribution in [0.2, 0.25) is 0 Å². The standard InChI is InChI=1S/C15H12N4O6S/c1-18-13-9(8-16-15(17-13)26(2,23)24)7-12(14(18)20)25-11-6-4-3-5-10(11)19(21)22/h3-8H,1-2H3. The lowest BCUT2D eigenvalue weighted by atomic mass is 10.3. The molecule has 0 aliphatic rings. The lowest BCUT2D eigenvalue weighted by molar-refractivity contribution is -0.385. The fourth-order valence-corrected chi connectivity index (χ4v) is 2.76. The molecule has 0 N–H and O–H groups in total. The minimum absolute atomic E-state index is 0.0948. The average molecular weight is 376 g/mol. The van der Waals surface area contributed by atoms with Gasteiger partial charge in [0.2, 0.25) is 20.7 Å². The molecule has 2 heterocycles. The molecular weight excluding hydrogens is 364 g/mol. The molecule has 0 radical (unpaired) electrons. The van der Waals surface area contributed by atoms with Crippen molar-refractivity contribution >= 4 is 26.6 Å². The molecular formula is C15H12N4O6S. The summed E-state index contributed by atoms with van der Waals surface area (Å²) in [5, 5.41) is 11.0. The molecule has 134 valence electrons. The number of sulfone groups is 1. The molecule has 0 amide bonds. The summed E-state index contributed by atoms with van der Waals surface area (Å²) in [6.07, 6.45) is 2.20. The molecule has 2 aromatic heterocycles. The number of nitro benzene ring substituents is 1. The number of hydrogen-bond acceptors (Lipinski definition) is 8. The van der Waals surface area contributed by atoms with E-state index >= 15 is 0 Å². The van der Waals surface area contributed by atoms with E-state index in [2.05, 4.69) is 9.97 Å². The molecule has 0 bridgehead atoms. The third kappa shape index (κ3) is 3.11. The minimum atomic E-state index is -3.64. The highest BCUT2D eigenvalue weighted by Crippen LogP contribution is 2.30. The van der Waals surface area contributed by atoms with E-state index in [1.165, 1.54) is 43.6 Å². The van der Waals surface area contributed by atoms with Gasteiger partial charge in [-0.1, -0.05) is 12.1 Å². The first-order chi connectivity index (χ1) is 12.2. The number of aromatic nitrogens is 3. The molecule has 11 heteroatoms. The second kappa shape index (κ2) is 6.19. The maximum absolute atomic E-state index is 12.5. The Morgan fingerprint density at radius 1 is 1.23 bits per heavy atom. The molecule has 1 aromatic carbocycles. The number of rotatable bonds is 4. The van der Waals surface area contributed by atoms with E-state index in [0.717, 1.165) is 10.8 Å². The van der Waals surface area contributed by atoms with Crippen LogP contribution < -0.4 is 10.3 Å². The molecule has 0 saturated heterocycles. The zero-order valence-electron chi connectivity index (χ0n) is 13.6. The fraction of sp³-hybridized carbons (Fsp3) is 0.133. The predicted octanol–water partition coefficient (Wildman–Crippen LogP) is 1.43. The summed E-state index contributed by atoms with van der Waals surface area (Å²) >= 11 is 0. The van der Waals surface area contributed by atoms with E-state index in [0.29, 0.717) is 5.39 Å². The van der Waals surface area contributed by atoms with Gasteiger partial charge < -0.3 is 4.74 Å². The van der Waals surface area contributed by atoms with Crippen molar-refractivity contribution in [2.75, 3.05) is 6.26 Å². The second-order valence-corrected chi connectivity index (χ2v) is 7.31. The Morgan fingerprint density at radius 2 is 1.92 bits per heavy atom. The number of benzene rings is 1. The molecule has 3 rings (SSSR count). The third-order valence-corrected chi connectivity index (χ3v) is 4.37. The Hall–Kier alpha value is -3.34. The highest BCUT2D eigenvalue weighted by Gasteiger charge is 2.19.